The maximum absolute atomic E-state index is 6.75. The first-order valence-electron chi connectivity index (χ1n) is 14.7. The zero-order valence-electron chi connectivity index (χ0n) is 22.5. The molecule has 0 spiro atoms. The smallest absolute Gasteiger partial charge is 0.187 e. The number of piperidine rings is 1. The number of hydrogen-bond acceptors (Lipinski definition) is 7. The maximum Gasteiger partial charge on any atom is 0.187 e. The van der Waals surface area contributed by atoms with E-state index in [1.54, 1.807) is 0 Å². The number of likely N-dealkylation sites (tertiary alicyclic amines) is 1. The fourth-order valence-electron chi connectivity index (χ4n) is 7.75. The van der Waals surface area contributed by atoms with E-state index < -0.39 is 5.54 Å². The van der Waals surface area contributed by atoms with E-state index >= 15 is 0 Å². The van der Waals surface area contributed by atoms with Crippen molar-refractivity contribution in [3.05, 3.63) is 84.1 Å². The molecular formula is C33H33N3O3S. The third-order valence-electron chi connectivity index (χ3n) is 9.33. The zero-order valence-corrected chi connectivity index (χ0v) is 23.3. The lowest BCUT2D eigenvalue weighted by molar-refractivity contribution is -0.0943. The van der Waals surface area contributed by atoms with Gasteiger partial charge in [0.05, 0.1) is 17.2 Å². The Morgan fingerprint density at radius 3 is 2.75 bits per heavy atom. The van der Waals surface area contributed by atoms with Gasteiger partial charge in [0, 0.05) is 28.5 Å². The van der Waals surface area contributed by atoms with Crippen LogP contribution in [0.5, 0.6) is 0 Å². The summed E-state index contributed by atoms with van der Waals surface area (Å²) in [6.45, 7) is 1.05. The Balaban J connectivity index is 1.45. The van der Waals surface area contributed by atoms with Crippen molar-refractivity contribution in [2.24, 2.45) is 0 Å². The molecule has 2 fully saturated rings. The van der Waals surface area contributed by atoms with Gasteiger partial charge in [-0.25, -0.2) is 0 Å². The van der Waals surface area contributed by atoms with Crippen LogP contribution in [0.25, 0.3) is 33.0 Å². The van der Waals surface area contributed by atoms with E-state index in [1.807, 2.05) is 12.3 Å². The third kappa shape index (κ3) is 3.74. The van der Waals surface area contributed by atoms with E-state index in [-0.39, 0.29) is 12.0 Å². The fourth-order valence-corrected chi connectivity index (χ4v) is 9.19. The van der Waals surface area contributed by atoms with Crippen LogP contribution in [0.1, 0.15) is 62.0 Å². The molecule has 0 aliphatic carbocycles. The summed E-state index contributed by atoms with van der Waals surface area (Å²) in [5.41, 5.74) is 5.62. The molecule has 7 heteroatoms. The summed E-state index contributed by atoms with van der Waals surface area (Å²) in [6.07, 6.45) is 12.1. The number of ether oxygens (including phenoxy) is 1. The highest BCUT2D eigenvalue weighted by Gasteiger charge is 2.57. The summed E-state index contributed by atoms with van der Waals surface area (Å²) in [4.78, 5) is 2.86. The monoisotopic (exact) mass is 551 g/mol. The van der Waals surface area contributed by atoms with E-state index in [4.69, 9.17) is 13.7 Å². The Hall–Kier alpha value is -3.29. The molecule has 0 N–H and O–H groups in total. The number of furan rings is 1. The number of fused-ring (bicyclic) bond motifs is 4. The van der Waals surface area contributed by atoms with E-state index in [2.05, 4.69) is 87.7 Å². The van der Waals surface area contributed by atoms with Gasteiger partial charge in [-0.1, -0.05) is 42.8 Å². The standard InChI is InChI=1S/C33H33N3O3S/c1-2-12-27-23(9-1)32-25(10-7-13-29(32)38-27)33(30-14-3-5-19-37-30)24(22-16-17-28-26(21-22)34-35-39-28)11-8-18-36(33)31-15-4-6-20-40-31/h1-2,5,7,9-10,12-13,16-17,19,21,24,30-31H,3-4,6,8,11,14-15,18,20H2. The van der Waals surface area contributed by atoms with Crippen molar-refractivity contribution in [2.75, 3.05) is 12.3 Å². The molecule has 0 amide bonds. The van der Waals surface area contributed by atoms with Crippen molar-refractivity contribution < 1.29 is 13.7 Å². The predicted molar refractivity (Wildman–Crippen MR) is 159 cm³/mol. The molecule has 204 valence electrons. The average Bonchev–Trinajstić information content (AvgIpc) is 3.65. The molecule has 2 aromatic heterocycles. The maximum atomic E-state index is 6.75. The van der Waals surface area contributed by atoms with Gasteiger partial charge in [0.2, 0.25) is 0 Å². The van der Waals surface area contributed by atoms with Gasteiger partial charge in [0.1, 0.15) is 22.8 Å². The molecule has 6 nitrogen and oxygen atoms in total. The Morgan fingerprint density at radius 1 is 0.900 bits per heavy atom. The summed E-state index contributed by atoms with van der Waals surface area (Å²) < 4.78 is 18.6. The van der Waals surface area contributed by atoms with Crippen molar-refractivity contribution in [2.45, 2.75) is 67.9 Å². The topological polar surface area (TPSA) is 64.5 Å². The second-order valence-corrected chi connectivity index (χ2v) is 12.7. The molecule has 5 aromatic rings. The summed E-state index contributed by atoms with van der Waals surface area (Å²) >= 11 is 2.13. The minimum Gasteiger partial charge on any atom is -0.496 e. The first kappa shape index (κ1) is 24.5. The van der Waals surface area contributed by atoms with Gasteiger partial charge in [0.15, 0.2) is 5.58 Å². The molecule has 4 unspecified atom stereocenters. The highest BCUT2D eigenvalue weighted by atomic mass is 32.2. The van der Waals surface area contributed by atoms with Gasteiger partial charge in [-0.05, 0) is 85.7 Å². The second kappa shape index (κ2) is 9.96. The average molecular weight is 552 g/mol. The molecule has 4 atom stereocenters. The van der Waals surface area contributed by atoms with Gasteiger partial charge in [-0.15, -0.1) is 16.9 Å². The lowest BCUT2D eigenvalue weighted by Gasteiger charge is -2.59. The number of thioether (sulfide) groups is 1. The molecule has 5 heterocycles. The number of allylic oxidation sites excluding steroid dienone is 1. The second-order valence-electron chi connectivity index (χ2n) is 11.4. The van der Waals surface area contributed by atoms with E-state index in [1.165, 1.54) is 46.9 Å². The molecule has 8 rings (SSSR count). The number of aromatic nitrogens is 2. The van der Waals surface area contributed by atoms with Gasteiger partial charge in [0.25, 0.3) is 0 Å². The summed E-state index contributed by atoms with van der Waals surface area (Å²) in [7, 11) is 0. The lowest BCUT2D eigenvalue weighted by atomic mass is 9.64. The van der Waals surface area contributed by atoms with Crippen LogP contribution in [0.4, 0.5) is 0 Å². The van der Waals surface area contributed by atoms with Crippen LogP contribution < -0.4 is 0 Å². The largest absolute Gasteiger partial charge is 0.496 e. The Kier molecular flexibility index (Phi) is 6.10. The molecule has 3 aliphatic rings. The zero-order chi connectivity index (χ0) is 26.5. The van der Waals surface area contributed by atoms with Crippen LogP contribution in [0.3, 0.4) is 0 Å². The van der Waals surface area contributed by atoms with Crippen molar-refractivity contribution >= 4 is 44.8 Å². The number of benzene rings is 3. The van der Waals surface area contributed by atoms with E-state index in [0.29, 0.717) is 5.37 Å². The number of para-hydroxylation sites is 1. The highest BCUT2D eigenvalue weighted by molar-refractivity contribution is 7.99. The molecule has 0 radical (unpaired) electrons. The van der Waals surface area contributed by atoms with Crippen molar-refractivity contribution in [1.29, 1.82) is 0 Å². The van der Waals surface area contributed by atoms with E-state index in [0.717, 1.165) is 54.5 Å². The van der Waals surface area contributed by atoms with Crippen LogP contribution in [-0.4, -0.2) is 39.0 Å². The van der Waals surface area contributed by atoms with E-state index in [9.17, 15) is 0 Å². The molecule has 2 saturated heterocycles. The fraction of sp³-hybridized carbons (Fsp3) is 0.394. The normalized spacial score (nSPS) is 27.9. The highest BCUT2D eigenvalue weighted by Crippen LogP contribution is 2.57. The molecule has 0 bridgehead atoms. The SMILES string of the molecule is C1=COC(C2(c3cccc4oc5ccccc5c34)C(c3ccc4onnc4c3)CCCN2C2CCCCS2)CC1. The summed E-state index contributed by atoms with van der Waals surface area (Å²) in [5, 5.41) is 11.0. The van der Waals surface area contributed by atoms with Gasteiger partial charge < -0.3 is 13.7 Å². The van der Waals surface area contributed by atoms with Crippen LogP contribution in [0.15, 0.2) is 81.9 Å². The first-order chi connectivity index (χ1) is 19.8. The number of rotatable bonds is 4. The summed E-state index contributed by atoms with van der Waals surface area (Å²) in [5.74, 6) is 1.41. The third-order valence-corrected chi connectivity index (χ3v) is 10.7. The Morgan fingerprint density at radius 2 is 1.85 bits per heavy atom. The van der Waals surface area contributed by atoms with Crippen molar-refractivity contribution in [3.8, 4) is 0 Å². The molecule has 0 saturated carbocycles. The van der Waals surface area contributed by atoms with Crippen LogP contribution in [0, 0.1) is 0 Å². The van der Waals surface area contributed by atoms with Gasteiger partial charge >= 0.3 is 0 Å². The Labute approximate surface area is 237 Å². The summed E-state index contributed by atoms with van der Waals surface area (Å²) in [6, 6.07) is 21.6. The lowest BCUT2D eigenvalue weighted by Crippen LogP contribution is -2.63. The molecular weight excluding hydrogens is 518 g/mol. The predicted octanol–water partition coefficient (Wildman–Crippen LogP) is 8.13. The van der Waals surface area contributed by atoms with Crippen LogP contribution in [-0.2, 0) is 10.3 Å². The number of hydrogen-bond donors (Lipinski definition) is 0. The van der Waals surface area contributed by atoms with Crippen molar-refractivity contribution in [1.82, 2.24) is 15.3 Å². The Bertz CT molecular complexity index is 1700. The number of nitrogens with zero attached hydrogens (tertiary/aromatic N) is 3. The van der Waals surface area contributed by atoms with Crippen molar-refractivity contribution in [3.63, 3.8) is 0 Å². The molecule has 40 heavy (non-hydrogen) atoms. The van der Waals surface area contributed by atoms with Gasteiger partial charge in [-0.3, -0.25) is 4.90 Å². The molecule has 3 aliphatic heterocycles. The minimum absolute atomic E-state index is 0.00396. The van der Waals surface area contributed by atoms with Gasteiger partial charge in [-0.2, -0.15) is 0 Å². The quantitative estimate of drug-likeness (QED) is 0.223. The van der Waals surface area contributed by atoms with Crippen LogP contribution >= 0.6 is 11.8 Å². The minimum atomic E-state index is -0.394. The molecule has 3 aromatic carbocycles. The van der Waals surface area contributed by atoms with Crippen LogP contribution in [0.2, 0.25) is 0 Å². The first-order valence-corrected chi connectivity index (χ1v) is 15.7.